The zero-order valence-electron chi connectivity index (χ0n) is 7.47. The van der Waals surface area contributed by atoms with Gasteiger partial charge in [-0.2, -0.15) is 0 Å². The summed E-state index contributed by atoms with van der Waals surface area (Å²) in [6.07, 6.45) is 3.94. The van der Waals surface area contributed by atoms with E-state index in [2.05, 4.69) is 18.4 Å². The highest BCUT2D eigenvalue weighted by Crippen LogP contribution is 2.44. The third-order valence-corrected chi connectivity index (χ3v) is 3.91. The summed E-state index contributed by atoms with van der Waals surface area (Å²) in [5.41, 5.74) is 7.67. The molecule has 66 valence electrons. The van der Waals surface area contributed by atoms with Crippen LogP contribution in [-0.4, -0.2) is 6.54 Å². The Bertz CT molecular complexity index is 268. The zero-order chi connectivity index (χ0) is 8.60. The van der Waals surface area contributed by atoms with Crippen LogP contribution in [0.3, 0.4) is 0 Å². The van der Waals surface area contributed by atoms with Crippen molar-refractivity contribution in [2.75, 3.05) is 6.54 Å². The Morgan fingerprint density at radius 3 is 2.67 bits per heavy atom. The van der Waals surface area contributed by atoms with Gasteiger partial charge in [0.2, 0.25) is 0 Å². The molecule has 1 aromatic rings. The third-order valence-electron chi connectivity index (χ3n) is 3.04. The van der Waals surface area contributed by atoms with Gasteiger partial charge in [0.15, 0.2) is 0 Å². The van der Waals surface area contributed by atoms with E-state index in [0.29, 0.717) is 5.41 Å². The maximum Gasteiger partial charge on any atom is 0.00839 e. The highest BCUT2D eigenvalue weighted by molar-refractivity contribution is 7.10. The van der Waals surface area contributed by atoms with Gasteiger partial charge >= 0.3 is 0 Å². The fraction of sp³-hybridized carbons (Fsp3) is 0.600. The van der Waals surface area contributed by atoms with Gasteiger partial charge in [0, 0.05) is 16.8 Å². The molecule has 2 N–H and O–H groups in total. The van der Waals surface area contributed by atoms with Gasteiger partial charge in [0.25, 0.3) is 0 Å². The summed E-state index contributed by atoms with van der Waals surface area (Å²) in [5, 5.41) is 2.28. The van der Waals surface area contributed by atoms with Crippen LogP contribution in [0.2, 0.25) is 0 Å². The van der Waals surface area contributed by atoms with Crippen LogP contribution in [0.4, 0.5) is 0 Å². The standard InChI is InChI=1S/C10H15NS/c1-8-5-9(6-12-8)10(7-11)3-2-4-10/h5-6H,2-4,7,11H2,1H3. The Kier molecular flexibility index (Phi) is 1.97. The number of nitrogens with two attached hydrogens (primary N) is 1. The molecule has 1 saturated carbocycles. The van der Waals surface area contributed by atoms with Crippen molar-refractivity contribution < 1.29 is 0 Å². The second-order valence-electron chi connectivity index (χ2n) is 3.78. The lowest BCUT2D eigenvalue weighted by Crippen LogP contribution is -2.41. The summed E-state index contributed by atoms with van der Waals surface area (Å²) in [6, 6.07) is 2.30. The van der Waals surface area contributed by atoms with Gasteiger partial charge in [-0.25, -0.2) is 0 Å². The van der Waals surface area contributed by atoms with Crippen molar-refractivity contribution in [2.24, 2.45) is 5.73 Å². The summed E-state index contributed by atoms with van der Waals surface area (Å²) < 4.78 is 0. The van der Waals surface area contributed by atoms with E-state index in [-0.39, 0.29) is 0 Å². The van der Waals surface area contributed by atoms with Crippen molar-refractivity contribution in [2.45, 2.75) is 31.6 Å². The highest BCUT2D eigenvalue weighted by Gasteiger charge is 2.37. The van der Waals surface area contributed by atoms with E-state index >= 15 is 0 Å². The average Bonchev–Trinajstić information content (AvgIpc) is 2.35. The summed E-state index contributed by atoms with van der Waals surface area (Å²) >= 11 is 1.84. The van der Waals surface area contributed by atoms with Crippen molar-refractivity contribution >= 4 is 11.3 Å². The minimum Gasteiger partial charge on any atom is -0.330 e. The minimum absolute atomic E-state index is 0.366. The molecule has 0 unspecified atom stereocenters. The van der Waals surface area contributed by atoms with Crippen molar-refractivity contribution in [1.82, 2.24) is 0 Å². The second-order valence-corrected chi connectivity index (χ2v) is 4.90. The number of rotatable bonds is 2. The number of aryl methyl sites for hydroxylation is 1. The molecule has 1 nitrogen and oxygen atoms in total. The average molecular weight is 181 g/mol. The molecule has 0 spiro atoms. The Labute approximate surface area is 77.6 Å². The van der Waals surface area contributed by atoms with Crippen LogP contribution in [0.5, 0.6) is 0 Å². The molecule has 1 fully saturated rings. The molecular weight excluding hydrogens is 166 g/mol. The van der Waals surface area contributed by atoms with Gasteiger partial charge in [-0.1, -0.05) is 6.42 Å². The van der Waals surface area contributed by atoms with Gasteiger partial charge in [-0.05, 0) is 36.8 Å². The Morgan fingerprint density at radius 2 is 2.33 bits per heavy atom. The second kappa shape index (κ2) is 2.86. The Balaban J connectivity index is 2.27. The molecule has 12 heavy (non-hydrogen) atoms. The minimum atomic E-state index is 0.366. The van der Waals surface area contributed by atoms with E-state index in [1.54, 1.807) is 0 Å². The van der Waals surface area contributed by atoms with Gasteiger partial charge in [-0.3, -0.25) is 0 Å². The first-order valence-corrected chi connectivity index (χ1v) is 5.40. The maximum absolute atomic E-state index is 5.81. The van der Waals surface area contributed by atoms with Crippen molar-refractivity contribution in [3.8, 4) is 0 Å². The molecule has 1 aromatic heterocycles. The summed E-state index contributed by atoms with van der Waals surface area (Å²) in [7, 11) is 0. The van der Waals surface area contributed by atoms with Gasteiger partial charge < -0.3 is 5.73 Å². The maximum atomic E-state index is 5.81. The normalized spacial score (nSPS) is 20.5. The smallest absolute Gasteiger partial charge is 0.00839 e. The molecule has 1 aliphatic rings. The Morgan fingerprint density at radius 1 is 1.58 bits per heavy atom. The first-order chi connectivity index (χ1) is 5.77. The lowest BCUT2D eigenvalue weighted by atomic mass is 9.65. The van der Waals surface area contributed by atoms with E-state index in [1.165, 1.54) is 29.7 Å². The molecule has 1 aliphatic carbocycles. The summed E-state index contributed by atoms with van der Waals surface area (Å²) in [6.45, 7) is 2.99. The summed E-state index contributed by atoms with van der Waals surface area (Å²) in [5.74, 6) is 0. The van der Waals surface area contributed by atoms with Gasteiger partial charge in [0.1, 0.15) is 0 Å². The first kappa shape index (κ1) is 8.27. The summed E-state index contributed by atoms with van der Waals surface area (Å²) in [4.78, 5) is 1.41. The quantitative estimate of drug-likeness (QED) is 0.745. The number of hydrogen-bond donors (Lipinski definition) is 1. The SMILES string of the molecule is Cc1cc(C2(CN)CCC2)cs1. The van der Waals surface area contributed by atoms with Crippen LogP contribution >= 0.6 is 11.3 Å². The largest absolute Gasteiger partial charge is 0.330 e. The lowest BCUT2D eigenvalue weighted by Gasteiger charge is -2.40. The molecular formula is C10H15NS. The van der Waals surface area contributed by atoms with E-state index in [1.807, 2.05) is 11.3 Å². The van der Waals surface area contributed by atoms with Crippen LogP contribution in [-0.2, 0) is 5.41 Å². The zero-order valence-corrected chi connectivity index (χ0v) is 8.29. The molecule has 0 radical (unpaired) electrons. The Hall–Kier alpha value is -0.340. The van der Waals surface area contributed by atoms with Crippen LogP contribution in [0.1, 0.15) is 29.7 Å². The molecule has 0 aromatic carbocycles. The van der Waals surface area contributed by atoms with E-state index < -0.39 is 0 Å². The van der Waals surface area contributed by atoms with E-state index in [0.717, 1.165) is 6.54 Å². The van der Waals surface area contributed by atoms with E-state index in [4.69, 9.17) is 5.73 Å². The van der Waals surface area contributed by atoms with Crippen LogP contribution in [0.15, 0.2) is 11.4 Å². The molecule has 0 bridgehead atoms. The lowest BCUT2D eigenvalue weighted by molar-refractivity contribution is 0.254. The molecule has 0 saturated heterocycles. The monoisotopic (exact) mass is 181 g/mol. The number of hydrogen-bond acceptors (Lipinski definition) is 2. The van der Waals surface area contributed by atoms with Crippen LogP contribution in [0, 0.1) is 6.92 Å². The van der Waals surface area contributed by atoms with Crippen LogP contribution < -0.4 is 5.73 Å². The predicted molar refractivity (Wildman–Crippen MR) is 53.6 cm³/mol. The molecule has 0 aliphatic heterocycles. The topological polar surface area (TPSA) is 26.0 Å². The molecule has 2 rings (SSSR count). The molecule has 2 heteroatoms. The highest BCUT2D eigenvalue weighted by atomic mass is 32.1. The van der Waals surface area contributed by atoms with Gasteiger partial charge in [-0.15, -0.1) is 11.3 Å². The fourth-order valence-corrected chi connectivity index (χ4v) is 2.76. The van der Waals surface area contributed by atoms with E-state index in [9.17, 15) is 0 Å². The molecule has 0 amide bonds. The molecule has 1 heterocycles. The number of thiophene rings is 1. The van der Waals surface area contributed by atoms with Gasteiger partial charge in [0.05, 0.1) is 0 Å². The van der Waals surface area contributed by atoms with Crippen LogP contribution in [0.25, 0.3) is 0 Å². The van der Waals surface area contributed by atoms with Crippen molar-refractivity contribution in [3.05, 3.63) is 21.9 Å². The molecule has 0 atom stereocenters. The van der Waals surface area contributed by atoms with Crippen molar-refractivity contribution in [3.63, 3.8) is 0 Å². The predicted octanol–water partition coefficient (Wildman–Crippen LogP) is 2.44. The fourth-order valence-electron chi connectivity index (χ4n) is 1.94. The first-order valence-electron chi connectivity index (χ1n) is 4.52. The van der Waals surface area contributed by atoms with Crippen molar-refractivity contribution in [1.29, 1.82) is 0 Å². The third kappa shape index (κ3) is 1.10.